The Labute approximate surface area is 207 Å². The van der Waals surface area contributed by atoms with Gasteiger partial charge in [-0.1, -0.05) is 18.2 Å². The summed E-state index contributed by atoms with van der Waals surface area (Å²) < 4.78 is 14.0. The smallest absolute Gasteiger partial charge is 0.275 e. The van der Waals surface area contributed by atoms with E-state index in [2.05, 4.69) is 26.3 Å². The van der Waals surface area contributed by atoms with Crippen molar-refractivity contribution in [3.8, 4) is 16.9 Å². The van der Waals surface area contributed by atoms with Gasteiger partial charge in [-0.15, -0.1) is 11.3 Å². The van der Waals surface area contributed by atoms with Crippen LogP contribution in [0.2, 0.25) is 0 Å². The number of pyridine rings is 1. The van der Waals surface area contributed by atoms with Crippen molar-refractivity contribution in [1.82, 2.24) is 14.9 Å². The fourth-order valence-corrected chi connectivity index (χ4v) is 5.33. The Hall–Kier alpha value is -3.62. The van der Waals surface area contributed by atoms with Gasteiger partial charge >= 0.3 is 0 Å². The highest BCUT2D eigenvalue weighted by Crippen LogP contribution is 2.33. The van der Waals surface area contributed by atoms with E-state index in [1.165, 1.54) is 41.2 Å². The van der Waals surface area contributed by atoms with Gasteiger partial charge in [0.15, 0.2) is 0 Å². The number of phenols is 1. The van der Waals surface area contributed by atoms with Gasteiger partial charge in [-0.2, -0.15) is 0 Å². The van der Waals surface area contributed by atoms with Crippen LogP contribution in [0.1, 0.15) is 39.8 Å². The lowest BCUT2D eigenvalue weighted by atomic mass is 9.97. The van der Waals surface area contributed by atoms with E-state index in [4.69, 9.17) is 0 Å². The highest BCUT2D eigenvalue weighted by molar-refractivity contribution is 7.10. The van der Waals surface area contributed by atoms with Gasteiger partial charge in [0, 0.05) is 41.5 Å². The molecule has 2 aromatic heterocycles. The average Bonchev–Trinajstić information content (AvgIpc) is 3.37. The molecule has 3 heterocycles. The van der Waals surface area contributed by atoms with E-state index in [0.717, 1.165) is 37.5 Å². The van der Waals surface area contributed by atoms with Gasteiger partial charge in [-0.3, -0.25) is 14.7 Å². The van der Waals surface area contributed by atoms with Crippen molar-refractivity contribution in [2.45, 2.75) is 25.3 Å². The summed E-state index contributed by atoms with van der Waals surface area (Å²) in [5, 5.41) is 15.2. The number of phenolic OH excluding ortho intramolecular Hbond substituents is 1. The molecule has 0 unspecified atom stereocenters. The number of hydrogen-bond donors (Lipinski definition) is 2. The average molecular weight is 489 g/mol. The minimum atomic E-state index is -0.406. The van der Waals surface area contributed by atoms with Crippen LogP contribution in [0, 0.1) is 5.82 Å². The zero-order valence-electron chi connectivity index (χ0n) is 19.0. The molecule has 8 heteroatoms. The molecule has 1 amide bonds. The number of likely N-dealkylation sites (tertiary alicyclic amines) is 1. The highest BCUT2D eigenvalue weighted by Gasteiger charge is 2.24. The number of carbonyl (C=O) groups is 1. The van der Waals surface area contributed by atoms with Crippen LogP contribution < -0.4 is 5.32 Å². The molecule has 0 radical (unpaired) electrons. The second kappa shape index (κ2) is 10.3. The summed E-state index contributed by atoms with van der Waals surface area (Å²) in [6, 6.07) is 14.7. The number of nitrogens with one attached hydrogen (secondary N) is 1. The van der Waals surface area contributed by atoms with Gasteiger partial charge in [-0.25, -0.2) is 9.37 Å². The van der Waals surface area contributed by atoms with Crippen LogP contribution in [0.5, 0.6) is 5.75 Å². The molecule has 0 atom stereocenters. The topological polar surface area (TPSA) is 78.4 Å². The minimum absolute atomic E-state index is 0.119. The first-order valence-corrected chi connectivity index (χ1v) is 12.4. The van der Waals surface area contributed by atoms with Crippen molar-refractivity contribution in [3.63, 3.8) is 0 Å². The van der Waals surface area contributed by atoms with Gasteiger partial charge in [0.1, 0.15) is 17.3 Å². The maximum absolute atomic E-state index is 14.0. The predicted molar refractivity (Wildman–Crippen MR) is 135 cm³/mol. The van der Waals surface area contributed by atoms with Crippen molar-refractivity contribution < 1.29 is 14.3 Å². The standard InChI is InChI=1S/C27H25FN4O2S/c28-21-5-8-24(23(14-21)19-3-6-22(33)7-4-19)30-26(34)25-17-35-27(31-25)20-9-12-32(13-10-20)16-18-2-1-11-29-15-18/h1-8,11,14-15,17,20,33H,9-10,12-13,16H2,(H,30,34). The SMILES string of the molecule is O=C(Nc1ccc(F)cc1-c1ccc(O)cc1)c1csc(C2CCN(Cc3cccnc3)CC2)n1. The summed E-state index contributed by atoms with van der Waals surface area (Å²) in [6.07, 6.45) is 5.69. The van der Waals surface area contributed by atoms with Crippen molar-refractivity contribution in [3.05, 3.63) is 94.5 Å². The van der Waals surface area contributed by atoms with Gasteiger partial charge < -0.3 is 10.4 Å². The lowest BCUT2D eigenvalue weighted by Gasteiger charge is -2.30. The molecule has 2 N–H and O–H groups in total. The Morgan fingerprint density at radius 3 is 2.69 bits per heavy atom. The maximum atomic E-state index is 14.0. The number of amides is 1. The second-order valence-corrected chi connectivity index (χ2v) is 9.56. The summed E-state index contributed by atoms with van der Waals surface area (Å²) in [5.74, 6) is -0.274. The largest absolute Gasteiger partial charge is 0.508 e. The van der Waals surface area contributed by atoms with E-state index in [9.17, 15) is 14.3 Å². The number of thiazole rings is 1. The zero-order valence-corrected chi connectivity index (χ0v) is 19.8. The Morgan fingerprint density at radius 1 is 1.14 bits per heavy atom. The molecule has 6 nitrogen and oxygen atoms in total. The van der Waals surface area contributed by atoms with Crippen LogP contribution >= 0.6 is 11.3 Å². The van der Waals surface area contributed by atoms with Crippen LogP contribution in [0.4, 0.5) is 10.1 Å². The van der Waals surface area contributed by atoms with Crippen molar-refractivity contribution in [2.24, 2.45) is 0 Å². The third-order valence-corrected chi connectivity index (χ3v) is 7.24. The number of anilines is 1. The minimum Gasteiger partial charge on any atom is -0.508 e. The van der Waals surface area contributed by atoms with Gasteiger partial charge in [-0.05, 0) is 73.5 Å². The molecule has 1 aliphatic rings. The summed E-state index contributed by atoms with van der Waals surface area (Å²) in [4.78, 5) is 24.2. The number of aromatic hydroxyl groups is 1. The molecule has 1 saturated heterocycles. The number of nitrogens with zero attached hydrogens (tertiary/aromatic N) is 3. The number of rotatable bonds is 6. The number of hydrogen-bond acceptors (Lipinski definition) is 6. The monoisotopic (exact) mass is 488 g/mol. The number of aromatic nitrogens is 2. The molecule has 1 fully saturated rings. The van der Waals surface area contributed by atoms with E-state index in [1.807, 2.05) is 12.3 Å². The molecular weight excluding hydrogens is 463 g/mol. The molecule has 0 aliphatic carbocycles. The van der Waals surface area contributed by atoms with E-state index < -0.39 is 5.82 Å². The first kappa shape index (κ1) is 23.1. The third-order valence-electron chi connectivity index (χ3n) is 6.23. The summed E-state index contributed by atoms with van der Waals surface area (Å²) in [6.45, 7) is 2.85. The fraction of sp³-hybridized carbons (Fsp3) is 0.222. The van der Waals surface area contributed by atoms with Gasteiger partial charge in [0.05, 0.1) is 5.01 Å². The normalized spacial score (nSPS) is 14.7. The first-order valence-electron chi connectivity index (χ1n) is 11.5. The molecule has 0 spiro atoms. The van der Waals surface area contributed by atoms with E-state index in [-0.39, 0.29) is 11.7 Å². The van der Waals surface area contributed by atoms with Crippen LogP contribution in [-0.2, 0) is 6.54 Å². The van der Waals surface area contributed by atoms with Crippen LogP contribution in [0.25, 0.3) is 11.1 Å². The van der Waals surface area contributed by atoms with Gasteiger partial charge in [0.2, 0.25) is 0 Å². The highest BCUT2D eigenvalue weighted by atomic mass is 32.1. The molecule has 2 aromatic carbocycles. The molecule has 0 bridgehead atoms. The third kappa shape index (κ3) is 5.55. The van der Waals surface area contributed by atoms with Crippen LogP contribution in [0.3, 0.4) is 0 Å². The number of halogens is 1. The van der Waals surface area contributed by atoms with E-state index in [1.54, 1.807) is 29.8 Å². The first-order chi connectivity index (χ1) is 17.0. The molecule has 1 aliphatic heterocycles. The Balaban J connectivity index is 1.24. The Bertz CT molecular complexity index is 1300. The lowest BCUT2D eigenvalue weighted by molar-refractivity contribution is 0.102. The number of piperidine rings is 1. The van der Waals surface area contributed by atoms with Crippen molar-refractivity contribution in [2.75, 3.05) is 18.4 Å². The summed E-state index contributed by atoms with van der Waals surface area (Å²) in [7, 11) is 0. The van der Waals surface area contributed by atoms with Crippen molar-refractivity contribution >= 4 is 22.9 Å². The fourth-order valence-electron chi connectivity index (χ4n) is 4.36. The predicted octanol–water partition coefficient (Wildman–Crippen LogP) is 5.68. The molecule has 0 saturated carbocycles. The summed E-state index contributed by atoms with van der Waals surface area (Å²) in [5.41, 5.74) is 3.29. The van der Waals surface area contributed by atoms with Crippen LogP contribution in [0.15, 0.2) is 72.4 Å². The zero-order chi connectivity index (χ0) is 24.2. The molecule has 5 rings (SSSR count). The van der Waals surface area contributed by atoms with Crippen molar-refractivity contribution in [1.29, 1.82) is 0 Å². The molecule has 35 heavy (non-hydrogen) atoms. The number of carbonyl (C=O) groups excluding carboxylic acids is 1. The quantitative estimate of drug-likeness (QED) is 0.365. The Morgan fingerprint density at radius 2 is 1.94 bits per heavy atom. The second-order valence-electron chi connectivity index (χ2n) is 8.67. The summed E-state index contributed by atoms with van der Waals surface area (Å²) >= 11 is 1.52. The van der Waals surface area contributed by atoms with E-state index >= 15 is 0 Å². The molecule has 178 valence electrons. The Kier molecular flexibility index (Phi) is 6.83. The lowest BCUT2D eigenvalue weighted by Crippen LogP contribution is -2.32. The molecular formula is C27H25FN4O2S. The van der Waals surface area contributed by atoms with Gasteiger partial charge in [0.25, 0.3) is 5.91 Å². The van der Waals surface area contributed by atoms with Crippen LogP contribution in [-0.4, -0.2) is 39.0 Å². The van der Waals surface area contributed by atoms with E-state index in [0.29, 0.717) is 28.4 Å². The molecule has 4 aromatic rings. The number of benzene rings is 2. The maximum Gasteiger partial charge on any atom is 0.275 e.